The largest absolute Gasteiger partial charge is 0.482 e. The van der Waals surface area contributed by atoms with Crippen molar-refractivity contribution >= 4 is 52.6 Å². The molecule has 0 saturated heterocycles. The predicted molar refractivity (Wildman–Crippen MR) is 310 cm³/mol. The number of nitrogens with two attached hydrogens (primary N) is 1. The normalized spacial score (nSPS) is 12.5. The summed E-state index contributed by atoms with van der Waals surface area (Å²) in [7, 11) is 3.10. The van der Waals surface area contributed by atoms with Crippen molar-refractivity contribution in [1.82, 2.24) is 40.3 Å². The number of aryl methyl sites for hydroxylation is 3. The van der Waals surface area contributed by atoms with Crippen LogP contribution < -0.4 is 36.5 Å². The Morgan fingerprint density at radius 3 is 1.52 bits per heavy atom. The van der Waals surface area contributed by atoms with Gasteiger partial charge in [-0.25, -0.2) is 13.6 Å². The molecule has 5 aromatic rings. The molecule has 3 aromatic heterocycles. The second-order valence-electron chi connectivity index (χ2n) is 18.6. The molecule has 0 saturated carbocycles. The first-order valence-electron chi connectivity index (χ1n) is 26.8. The molecule has 0 atom stereocenters. The molecule has 10 N–H and O–H groups in total. The first kappa shape index (κ1) is 66.0. The number of ether oxygens (including phenoxy) is 2. The first-order valence-corrected chi connectivity index (χ1v) is 26.8. The number of H-pyrrole nitrogens is 3. The van der Waals surface area contributed by atoms with Gasteiger partial charge in [0.1, 0.15) is 11.6 Å². The van der Waals surface area contributed by atoms with Crippen molar-refractivity contribution in [2.24, 2.45) is 5.73 Å². The number of halogens is 2. The van der Waals surface area contributed by atoms with Crippen LogP contribution in [0.15, 0.2) is 36.4 Å². The lowest BCUT2D eigenvalue weighted by Gasteiger charge is -2.18. The molecule has 0 spiro atoms. The highest BCUT2D eigenvalue weighted by Crippen LogP contribution is 2.34. The number of hydrogen-bond acceptors (Lipinski definition) is 11. The molecule has 2 aromatic carbocycles. The molecule has 4 amide bonds. The molecule has 7 rings (SSSR count). The average Bonchev–Trinajstić information content (AvgIpc) is 4.24. The predicted octanol–water partition coefficient (Wildman–Crippen LogP) is 7.99. The molecule has 0 aliphatic carbocycles. The van der Waals surface area contributed by atoms with Gasteiger partial charge >= 0.3 is 5.97 Å². The maximum atomic E-state index is 13.7. The van der Waals surface area contributed by atoms with Crippen molar-refractivity contribution < 1.29 is 47.3 Å². The molecular weight excluding hydrogens is 1020 g/mol. The zero-order valence-corrected chi connectivity index (χ0v) is 48.7. The second-order valence-corrected chi connectivity index (χ2v) is 18.6. The number of fused-ring (bicyclic) bond motifs is 2. The highest BCUT2D eigenvalue weighted by molar-refractivity contribution is 6.35. The van der Waals surface area contributed by atoms with Crippen LogP contribution in [0.25, 0.3) is 11.6 Å². The number of aromatic nitrogens is 3. The lowest BCUT2D eigenvalue weighted by Crippen LogP contribution is -2.35. The summed E-state index contributed by atoms with van der Waals surface area (Å²) in [6, 6.07) is 8.50. The Morgan fingerprint density at radius 2 is 1.08 bits per heavy atom. The molecule has 434 valence electrons. The SMILES string of the molecule is CCN(CC)CCN.CCN(CC)CCNC(=O)c1c(C)[nH]c(/C=C2\C(=O)Nc3ccc(F)cc32)c1C.CCN(CC)CCNC(=O)c1c(C)[nH]c(OC)c1C.COc1[nH]c(C)c(C(=O)O)c1C.O=C1Cc2cc(F)ccc2N1. The van der Waals surface area contributed by atoms with Gasteiger partial charge in [-0.05, 0) is 134 Å². The highest BCUT2D eigenvalue weighted by atomic mass is 19.1. The van der Waals surface area contributed by atoms with Crippen LogP contribution in [0.3, 0.4) is 0 Å². The van der Waals surface area contributed by atoms with Crippen LogP contribution in [-0.2, 0) is 16.0 Å². The summed E-state index contributed by atoms with van der Waals surface area (Å²) in [4.78, 5) is 74.6. The lowest BCUT2D eigenvalue weighted by molar-refractivity contribution is -0.115. The van der Waals surface area contributed by atoms with Gasteiger partial charge in [0.15, 0.2) is 11.8 Å². The van der Waals surface area contributed by atoms with E-state index in [1.54, 1.807) is 39.2 Å². The molecule has 0 fully saturated rings. The van der Waals surface area contributed by atoms with Crippen molar-refractivity contribution in [3.05, 3.63) is 115 Å². The molecule has 2 aliphatic heterocycles. The van der Waals surface area contributed by atoms with E-state index in [-0.39, 0.29) is 29.4 Å². The number of amides is 4. The number of anilines is 2. The van der Waals surface area contributed by atoms with E-state index in [1.165, 1.54) is 31.4 Å². The van der Waals surface area contributed by atoms with E-state index in [1.807, 2.05) is 27.7 Å². The summed E-state index contributed by atoms with van der Waals surface area (Å²) >= 11 is 0. The number of carbonyl (C=O) groups is 5. The Hall–Kier alpha value is -7.33. The maximum Gasteiger partial charge on any atom is 0.337 e. The summed E-state index contributed by atoms with van der Waals surface area (Å²) in [5.74, 6) is -0.981. The van der Waals surface area contributed by atoms with E-state index >= 15 is 0 Å². The average molecular weight is 1100 g/mol. The third kappa shape index (κ3) is 18.7. The Balaban J connectivity index is 0.000000282. The van der Waals surface area contributed by atoms with Crippen LogP contribution in [-0.4, -0.2) is 157 Å². The summed E-state index contributed by atoms with van der Waals surface area (Å²) in [6.45, 7) is 34.4. The minimum atomic E-state index is -0.926. The molecule has 19 nitrogen and oxygen atoms in total. The second kappa shape index (κ2) is 32.5. The van der Waals surface area contributed by atoms with Gasteiger partial charge in [0, 0.05) is 90.1 Å². The molecule has 0 unspecified atom stereocenters. The number of likely N-dealkylation sites (N-methyl/N-ethyl adjacent to an activating group) is 3. The van der Waals surface area contributed by atoms with Gasteiger partial charge in [0.05, 0.1) is 42.9 Å². The number of benzene rings is 2. The fourth-order valence-corrected chi connectivity index (χ4v) is 9.05. The van der Waals surface area contributed by atoms with Crippen LogP contribution in [0.5, 0.6) is 11.8 Å². The van der Waals surface area contributed by atoms with Crippen LogP contribution in [0.2, 0.25) is 0 Å². The minimum absolute atomic E-state index is 0.0401. The molecule has 2 aliphatic rings. The van der Waals surface area contributed by atoms with Crippen molar-refractivity contribution in [3.8, 4) is 11.8 Å². The minimum Gasteiger partial charge on any atom is -0.482 e. The summed E-state index contributed by atoms with van der Waals surface area (Å²) < 4.78 is 36.3. The van der Waals surface area contributed by atoms with Gasteiger partial charge in [0.25, 0.3) is 17.7 Å². The summed E-state index contributed by atoms with van der Waals surface area (Å²) in [5.41, 5.74) is 15.0. The summed E-state index contributed by atoms with van der Waals surface area (Å²) in [5, 5.41) is 20.1. The zero-order chi connectivity index (χ0) is 59.1. The standard InChI is InChI=1S/C22H27FN4O2.C14H25N3O2.C8H6FNO.C8H11NO3.C6H16N2/c1-5-27(6-2)10-9-24-22(29)20-13(3)19(25-14(20)4)12-17-16-11-15(23)7-8-18(16)26-21(17)28;1-6-17(7-2)9-8-15-13(18)12-10(3)14(19-5)16-11(12)4;9-6-1-2-7-5(3-6)4-8(11)10-7;1-4-6(8(10)11)5(2)9-7(4)12-3;1-3-8(4-2)6-5-7/h7-8,11-12,25H,5-6,9-10H2,1-4H3,(H,24,29)(H,26,28);16H,6-9H2,1-5H3,(H,15,18);1-3H,4H2,(H,10,11);9H,1-3H3,(H,10,11);3-7H2,1-2H3/b17-12-;;;;. The lowest BCUT2D eigenvalue weighted by atomic mass is 10.0. The van der Waals surface area contributed by atoms with E-state index in [0.29, 0.717) is 81.7 Å². The number of nitrogens with one attached hydrogen (secondary N) is 7. The number of methoxy groups -OCH3 is 2. The number of nitrogens with zero attached hydrogens (tertiary/aromatic N) is 3. The number of aromatic amines is 3. The van der Waals surface area contributed by atoms with E-state index < -0.39 is 11.8 Å². The van der Waals surface area contributed by atoms with Crippen molar-refractivity contribution in [3.63, 3.8) is 0 Å². The van der Waals surface area contributed by atoms with E-state index in [9.17, 15) is 32.8 Å². The number of carboxylic acids is 1. The van der Waals surface area contributed by atoms with Crippen LogP contribution in [0.1, 0.15) is 123 Å². The number of aromatic carboxylic acids is 1. The van der Waals surface area contributed by atoms with E-state index in [2.05, 4.69) is 92.5 Å². The third-order valence-corrected chi connectivity index (χ3v) is 13.6. The molecule has 0 bridgehead atoms. The Labute approximate surface area is 464 Å². The smallest absolute Gasteiger partial charge is 0.337 e. The Kier molecular flexibility index (Phi) is 27.2. The third-order valence-electron chi connectivity index (χ3n) is 13.6. The number of rotatable bonds is 20. The fraction of sp³-hybridized carbons (Fsp3) is 0.466. The molecule has 21 heteroatoms. The van der Waals surface area contributed by atoms with E-state index in [0.717, 1.165) is 99.2 Å². The zero-order valence-electron chi connectivity index (χ0n) is 48.7. The Bertz CT molecular complexity index is 2860. The van der Waals surface area contributed by atoms with Crippen molar-refractivity contribution in [2.45, 2.75) is 89.5 Å². The fourth-order valence-electron chi connectivity index (χ4n) is 9.05. The van der Waals surface area contributed by atoms with Gasteiger partial charge in [0.2, 0.25) is 5.91 Å². The van der Waals surface area contributed by atoms with Gasteiger partial charge in [-0.3, -0.25) is 19.2 Å². The quantitative estimate of drug-likeness (QED) is 0.0336. The monoisotopic (exact) mass is 1100 g/mol. The number of carbonyl (C=O) groups excluding carboxylic acids is 4. The Morgan fingerprint density at radius 1 is 0.633 bits per heavy atom. The van der Waals surface area contributed by atoms with Gasteiger partial charge in [-0.1, -0.05) is 41.5 Å². The molecule has 5 heterocycles. The maximum absolute atomic E-state index is 13.7. The van der Waals surface area contributed by atoms with Crippen molar-refractivity contribution in [2.75, 3.05) is 103 Å². The van der Waals surface area contributed by atoms with Gasteiger partial charge in [-0.15, -0.1) is 0 Å². The van der Waals surface area contributed by atoms with Crippen LogP contribution >= 0.6 is 0 Å². The molecule has 0 radical (unpaired) electrons. The van der Waals surface area contributed by atoms with Crippen LogP contribution in [0.4, 0.5) is 20.2 Å². The molecular formula is C58H85F2N11O8. The topological polar surface area (TPSA) is 255 Å². The van der Waals surface area contributed by atoms with Gasteiger partial charge in [-0.2, -0.15) is 0 Å². The summed E-state index contributed by atoms with van der Waals surface area (Å²) in [6.07, 6.45) is 1.97. The number of hydrogen-bond donors (Lipinski definition) is 9. The first-order chi connectivity index (χ1) is 37.6. The van der Waals surface area contributed by atoms with E-state index in [4.69, 9.17) is 20.3 Å². The number of carboxylic acid groups (broad SMARTS) is 1. The highest BCUT2D eigenvalue weighted by Gasteiger charge is 2.27. The molecule has 79 heavy (non-hydrogen) atoms. The van der Waals surface area contributed by atoms with Crippen LogP contribution in [0, 0.1) is 53.2 Å². The van der Waals surface area contributed by atoms with Crippen molar-refractivity contribution in [1.29, 1.82) is 0 Å². The van der Waals surface area contributed by atoms with Gasteiger partial charge < -0.3 is 71.2 Å².